The molecule has 8 heteroatoms. The SMILES string of the molecule is CC/C(=C\c1ccc(O)cc1)CC[C@H]1OB(O)C[C@H]2C1=C(COc1ccccc1)CS2(=O)=O. The Morgan fingerprint density at radius 3 is 2.61 bits per heavy atom. The number of hydrogen-bond donors (Lipinski definition) is 2. The Morgan fingerprint density at radius 1 is 1.18 bits per heavy atom. The monoisotopic (exact) mass is 468 g/mol. The fraction of sp³-hybridized carbons (Fsp3) is 0.360. The first-order chi connectivity index (χ1) is 15.9. The maximum atomic E-state index is 12.9. The Morgan fingerprint density at radius 2 is 1.91 bits per heavy atom. The van der Waals surface area contributed by atoms with E-state index in [1.807, 2.05) is 42.5 Å². The highest BCUT2D eigenvalue weighted by Gasteiger charge is 2.48. The van der Waals surface area contributed by atoms with Crippen LogP contribution in [0.1, 0.15) is 31.7 Å². The van der Waals surface area contributed by atoms with E-state index in [4.69, 9.17) is 9.39 Å². The Balaban J connectivity index is 1.54. The van der Waals surface area contributed by atoms with E-state index < -0.39 is 28.3 Å². The fourth-order valence-corrected chi connectivity index (χ4v) is 6.67. The number of fused-ring (bicyclic) bond motifs is 1. The fourth-order valence-electron chi connectivity index (χ4n) is 4.57. The summed E-state index contributed by atoms with van der Waals surface area (Å²) in [5.74, 6) is 0.849. The molecule has 0 radical (unpaired) electrons. The largest absolute Gasteiger partial charge is 0.508 e. The molecule has 2 aromatic carbocycles. The van der Waals surface area contributed by atoms with Crippen LogP contribution < -0.4 is 4.74 Å². The summed E-state index contributed by atoms with van der Waals surface area (Å²) in [7, 11) is -4.49. The first kappa shape index (κ1) is 23.6. The number of phenols is 1. The third-order valence-electron chi connectivity index (χ3n) is 6.25. The number of phenolic OH excluding ortho intramolecular Hbond substituents is 1. The molecule has 0 amide bonds. The van der Waals surface area contributed by atoms with Crippen molar-refractivity contribution in [3.05, 3.63) is 76.9 Å². The summed E-state index contributed by atoms with van der Waals surface area (Å²) in [6.45, 7) is 2.26. The van der Waals surface area contributed by atoms with Gasteiger partial charge in [-0.3, -0.25) is 0 Å². The van der Waals surface area contributed by atoms with E-state index in [0.717, 1.165) is 23.1 Å². The van der Waals surface area contributed by atoms with E-state index in [1.54, 1.807) is 12.1 Å². The second-order valence-corrected chi connectivity index (χ2v) is 10.7. The van der Waals surface area contributed by atoms with Gasteiger partial charge in [-0.05, 0) is 60.2 Å². The van der Waals surface area contributed by atoms with Crippen LogP contribution in [0.3, 0.4) is 0 Å². The molecule has 2 aromatic rings. The minimum absolute atomic E-state index is 0.0591. The maximum Gasteiger partial charge on any atom is 0.456 e. The predicted octanol–water partition coefficient (Wildman–Crippen LogP) is 4.02. The van der Waals surface area contributed by atoms with Crippen LogP contribution in [0.4, 0.5) is 0 Å². The molecule has 4 rings (SSSR count). The molecule has 2 aliphatic rings. The van der Waals surface area contributed by atoms with Gasteiger partial charge in [0.25, 0.3) is 0 Å². The number of sulfone groups is 1. The molecule has 0 spiro atoms. The molecule has 6 nitrogen and oxygen atoms in total. The molecule has 2 N–H and O–H groups in total. The summed E-state index contributed by atoms with van der Waals surface area (Å²) < 4.78 is 37.5. The van der Waals surface area contributed by atoms with Crippen molar-refractivity contribution in [2.45, 2.75) is 43.9 Å². The van der Waals surface area contributed by atoms with Gasteiger partial charge in [0.2, 0.25) is 0 Å². The Labute approximate surface area is 195 Å². The number of aromatic hydroxyl groups is 1. The lowest BCUT2D eigenvalue weighted by atomic mass is 9.74. The lowest BCUT2D eigenvalue weighted by Gasteiger charge is -2.32. The lowest BCUT2D eigenvalue weighted by molar-refractivity contribution is 0.168. The molecular weight excluding hydrogens is 439 g/mol. The summed E-state index contributed by atoms with van der Waals surface area (Å²) in [6, 6.07) is 16.3. The lowest BCUT2D eigenvalue weighted by Crippen LogP contribution is -2.42. The van der Waals surface area contributed by atoms with Gasteiger partial charge >= 0.3 is 7.12 Å². The summed E-state index contributed by atoms with van der Waals surface area (Å²) in [6.07, 6.45) is 3.78. The first-order valence-electron chi connectivity index (χ1n) is 11.3. The van der Waals surface area contributed by atoms with Gasteiger partial charge in [0.1, 0.15) is 18.1 Å². The topological polar surface area (TPSA) is 93.1 Å². The predicted molar refractivity (Wildman–Crippen MR) is 130 cm³/mol. The van der Waals surface area contributed by atoms with Crippen LogP contribution in [-0.4, -0.2) is 49.4 Å². The summed E-state index contributed by atoms with van der Waals surface area (Å²) in [4.78, 5) is 0. The van der Waals surface area contributed by atoms with Crippen molar-refractivity contribution >= 4 is 23.0 Å². The highest BCUT2D eigenvalue weighted by molar-refractivity contribution is 7.92. The van der Waals surface area contributed by atoms with E-state index in [0.29, 0.717) is 18.6 Å². The van der Waals surface area contributed by atoms with E-state index in [2.05, 4.69) is 13.0 Å². The molecule has 0 unspecified atom stereocenters. The van der Waals surface area contributed by atoms with E-state index in [-0.39, 0.29) is 24.4 Å². The number of rotatable bonds is 8. The summed E-state index contributed by atoms with van der Waals surface area (Å²) >= 11 is 0. The zero-order chi connectivity index (χ0) is 23.4. The van der Waals surface area contributed by atoms with Crippen LogP contribution in [0, 0.1) is 0 Å². The Kier molecular flexibility index (Phi) is 7.27. The molecule has 2 atom stereocenters. The molecule has 0 aromatic heterocycles. The van der Waals surface area contributed by atoms with Gasteiger partial charge in [0.05, 0.1) is 17.1 Å². The molecule has 0 aliphatic carbocycles. The second kappa shape index (κ2) is 10.2. The highest BCUT2D eigenvalue weighted by atomic mass is 32.2. The van der Waals surface area contributed by atoms with Gasteiger partial charge < -0.3 is 19.5 Å². The number of para-hydroxylation sites is 1. The van der Waals surface area contributed by atoms with Crippen LogP contribution >= 0.6 is 0 Å². The highest BCUT2D eigenvalue weighted by Crippen LogP contribution is 2.40. The van der Waals surface area contributed by atoms with Gasteiger partial charge in [0, 0.05) is 6.32 Å². The van der Waals surface area contributed by atoms with Crippen molar-refractivity contribution in [3.63, 3.8) is 0 Å². The van der Waals surface area contributed by atoms with Gasteiger partial charge in [0.15, 0.2) is 9.84 Å². The van der Waals surface area contributed by atoms with Crippen molar-refractivity contribution in [2.24, 2.45) is 0 Å². The molecule has 2 heterocycles. The van der Waals surface area contributed by atoms with E-state index >= 15 is 0 Å². The van der Waals surface area contributed by atoms with Crippen LogP contribution in [-0.2, 0) is 14.5 Å². The third-order valence-corrected chi connectivity index (χ3v) is 8.31. The third kappa shape index (κ3) is 5.69. The molecule has 0 saturated carbocycles. The zero-order valence-electron chi connectivity index (χ0n) is 18.7. The van der Waals surface area contributed by atoms with Crippen molar-refractivity contribution < 1.29 is 27.9 Å². The van der Waals surface area contributed by atoms with Crippen molar-refractivity contribution in [2.75, 3.05) is 12.4 Å². The molecular formula is C25H29BO6S. The van der Waals surface area contributed by atoms with Gasteiger partial charge in [-0.15, -0.1) is 0 Å². The summed E-state index contributed by atoms with van der Waals surface area (Å²) in [5, 5.41) is 19.0. The van der Waals surface area contributed by atoms with Gasteiger partial charge in [-0.1, -0.05) is 48.9 Å². The molecule has 1 saturated heterocycles. The zero-order valence-corrected chi connectivity index (χ0v) is 19.5. The second-order valence-electron chi connectivity index (χ2n) is 8.56. The molecule has 174 valence electrons. The molecule has 33 heavy (non-hydrogen) atoms. The normalized spacial score (nSPS) is 22.4. The smallest absolute Gasteiger partial charge is 0.456 e. The quantitative estimate of drug-likeness (QED) is 0.449. The van der Waals surface area contributed by atoms with Crippen molar-refractivity contribution in [3.8, 4) is 11.5 Å². The minimum atomic E-state index is -3.40. The number of hydrogen-bond acceptors (Lipinski definition) is 6. The van der Waals surface area contributed by atoms with Crippen LogP contribution in [0.25, 0.3) is 6.08 Å². The maximum absolute atomic E-state index is 12.9. The average Bonchev–Trinajstić information content (AvgIpc) is 3.06. The standard InChI is InChI=1S/C25H29BO6S/c1-2-18(14-19-8-11-21(27)12-9-19)10-13-23-25-20(16-31-22-6-4-3-5-7-22)17-33(29,30)24(25)15-26(28)32-23/h3-9,11-12,14,23-24,27-28H,2,10,13,15-17H2,1H3/b18-14+/t23-,24+/m1/s1. The number of ether oxygens (including phenoxy) is 1. The van der Waals surface area contributed by atoms with Crippen LogP contribution in [0.2, 0.25) is 6.32 Å². The van der Waals surface area contributed by atoms with E-state index in [1.165, 1.54) is 5.57 Å². The molecule has 0 bridgehead atoms. The van der Waals surface area contributed by atoms with Gasteiger partial charge in [-0.2, -0.15) is 0 Å². The van der Waals surface area contributed by atoms with Crippen LogP contribution in [0.5, 0.6) is 11.5 Å². The van der Waals surface area contributed by atoms with Crippen molar-refractivity contribution in [1.29, 1.82) is 0 Å². The number of allylic oxidation sites excluding steroid dienone is 1. The van der Waals surface area contributed by atoms with Crippen LogP contribution in [0.15, 0.2) is 71.3 Å². The molecule has 2 aliphatic heterocycles. The van der Waals surface area contributed by atoms with Crippen molar-refractivity contribution in [1.82, 2.24) is 0 Å². The van der Waals surface area contributed by atoms with E-state index in [9.17, 15) is 18.5 Å². The Hall–Kier alpha value is -2.55. The molecule has 1 fully saturated rings. The van der Waals surface area contributed by atoms with Gasteiger partial charge in [-0.25, -0.2) is 8.42 Å². The first-order valence-corrected chi connectivity index (χ1v) is 13.0. The number of benzene rings is 2. The summed E-state index contributed by atoms with van der Waals surface area (Å²) in [5.41, 5.74) is 3.67. The minimum Gasteiger partial charge on any atom is -0.508 e. The Bertz CT molecular complexity index is 1130. The average molecular weight is 468 g/mol.